The van der Waals surface area contributed by atoms with Gasteiger partial charge in [-0.15, -0.1) is 0 Å². The summed E-state index contributed by atoms with van der Waals surface area (Å²) in [6, 6.07) is 6.04. The van der Waals surface area contributed by atoms with E-state index in [1.807, 2.05) is 0 Å². The number of ether oxygens (including phenoxy) is 1. The number of hydrogen-bond acceptors (Lipinski definition) is 6. The summed E-state index contributed by atoms with van der Waals surface area (Å²) >= 11 is 0. The minimum Gasteiger partial charge on any atom is -0.462 e. The lowest BCUT2D eigenvalue weighted by atomic mass is 10.2. The first-order chi connectivity index (χ1) is 11.2. The van der Waals surface area contributed by atoms with Crippen LogP contribution in [0.15, 0.2) is 24.3 Å². The lowest BCUT2D eigenvalue weighted by molar-refractivity contribution is 0.0526. The quantitative estimate of drug-likeness (QED) is 0.546. The predicted octanol–water partition coefficient (Wildman–Crippen LogP) is 4.44. The van der Waals surface area contributed by atoms with Crippen LogP contribution in [0.2, 0.25) is 0 Å². The van der Waals surface area contributed by atoms with Crippen molar-refractivity contribution in [2.45, 2.75) is 46.8 Å². The molecule has 134 valence electrons. The molecule has 0 radical (unpaired) electrons. The van der Waals surface area contributed by atoms with Crippen molar-refractivity contribution in [3.8, 4) is 0 Å². The maximum Gasteiger partial charge on any atom is 0.419 e. The number of carbonyl (C=O) groups is 2. The van der Waals surface area contributed by atoms with Gasteiger partial charge in [0, 0.05) is 5.69 Å². The summed E-state index contributed by atoms with van der Waals surface area (Å²) in [5, 5.41) is 2.49. The van der Waals surface area contributed by atoms with Crippen LogP contribution in [0.4, 0.5) is 10.5 Å². The largest absolute Gasteiger partial charge is 0.462 e. The van der Waals surface area contributed by atoms with E-state index in [1.165, 1.54) is 24.3 Å². The Balaban J connectivity index is 2.87. The van der Waals surface area contributed by atoms with E-state index in [0.29, 0.717) is 11.3 Å². The van der Waals surface area contributed by atoms with Gasteiger partial charge in [0.05, 0.1) is 24.4 Å². The van der Waals surface area contributed by atoms with Crippen molar-refractivity contribution in [3.05, 3.63) is 29.8 Å². The molecule has 0 saturated carbocycles. The highest BCUT2D eigenvalue weighted by molar-refractivity contribution is 7.72. The van der Waals surface area contributed by atoms with E-state index < -0.39 is 31.4 Å². The van der Waals surface area contributed by atoms with Crippen molar-refractivity contribution in [3.63, 3.8) is 0 Å². The third-order valence-corrected chi connectivity index (χ3v) is 4.60. The Morgan fingerprint density at radius 3 is 1.96 bits per heavy atom. The number of amides is 1. The SMILES string of the molecule is CCOC(=O)c1ccc(NC(=O)P(=O)(OC(C)C)OC(C)C)cc1. The Labute approximate surface area is 142 Å². The van der Waals surface area contributed by atoms with Gasteiger partial charge in [-0.25, -0.2) is 9.36 Å². The average Bonchev–Trinajstić information content (AvgIpc) is 2.46. The number of hydrogen-bond donors (Lipinski definition) is 1. The van der Waals surface area contributed by atoms with Gasteiger partial charge in [0.2, 0.25) is 0 Å². The van der Waals surface area contributed by atoms with Crippen molar-refractivity contribution in [1.29, 1.82) is 0 Å². The van der Waals surface area contributed by atoms with E-state index in [9.17, 15) is 14.2 Å². The molecule has 24 heavy (non-hydrogen) atoms. The summed E-state index contributed by atoms with van der Waals surface area (Å²) < 4.78 is 28.0. The highest BCUT2D eigenvalue weighted by atomic mass is 31.2. The molecule has 8 heteroatoms. The van der Waals surface area contributed by atoms with Crippen molar-refractivity contribution < 1.29 is 27.9 Å². The smallest absolute Gasteiger partial charge is 0.419 e. The maximum atomic E-state index is 12.7. The summed E-state index contributed by atoms with van der Waals surface area (Å²) in [4.78, 5) is 23.9. The molecule has 1 aromatic carbocycles. The van der Waals surface area contributed by atoms with Gasteiger partial charge in [-0.3, -0.25) is 13.8 Å². The Morgan fingerprint density at radius 1 is 1.04 bits per heavy atom. The van der Waals surface area contributed by atoms with Crippen LogP contribution in [0.1, 0.15) is 45.0 Å². The zero-order valence-corrected chi connectivity index (χ0v) is 15.5. The van der Waals surface area contributed by atoms with Crippen LogP contribution in [0.3, 0.4) is 0 Å². The van der Waals surface area contributed by atoms with E-state index in [2.05, 4.69) is 5.32 Å². The van der Waals surface area contributed by atoms with Crippen molar-refractivity contribution in [2.24, 2.45) is 0 Å². The number of nitrogens with one attached hydrogen (secondary N) is 1. The lowest BCUT2D eigenvalue weighted by Crippen LogP contribution is -2.18. The van der Waals surface area contributed by atoms with Gasteiger partial charge in [0.25, 0.3) is 0 Å². The van der Waals surface area contributed by atoms with Crippen molar-refractivity contribution in [2.75, 3.05) is 11.9 Å². The molecule has 0 aliphatic carbocycles. The Morgan fingerprint density at radius 2 is 1.54 bits per heavy atom. The molecule has 0 aliphatic rings. The number of benzene rings is 1. The molecular formula is C16H24NO6P. The van der Waals surface area contributed by atoms with Crippen LogP contribution >= 0.6 is 7.60 Å². The predicted molar refractivity (Wildman–Crippen MR) is 91.5 cm³/mol. The van der Waals surface area contributed by atoms with Gasteiger partial charge in [-0.2, -0.15) is 0 Å². The monoisotopic (exact) mass is 357 g/mol. The molecule has 0 unspecified atom stereocenters. The fraction of sp³-hybridized carbons (Fsp3) is 0.500. The summed E-state index contributed by atoms with van der Waals surface area (Å²) in [7, 11) is -3.97. The third-order valence-electron chi connectivity index (χ3n) is 2.60. The summed E-state index contributed by atoms with van der Waals surface area (Å²) in [5.41, 5.74) is -0.128. The lowest BCUT2D eigenvalue weighted by Gasteiger charge is -2.21. The number of carbonyl (C=O) groups excluding carboxylic acids is 2. The Kier molecular flexibility index (Phi) is 7.60. The van der Waals surface area contributed by atoms with Crippen LogP contribution in [0, 0.1) is 0 Å². The van der Waals surface area contributed by atoms with Gasteiger partial charge in [0.1, 0.15) is 0 Å². The molecule has 0 spiro atoms. The molecule has 1 aromatic rings. The Hall–Kier alpha value is -1.69. The molecule has 0 heterocycles. The summed E-state index contributed by atoms with van der Waals surface area (Å²) in [6.07, 6.45) is -0.877. The summed E-state index contributed by atoms with van der Waals surface area (Å²) in [5.74, 6) is -0.452. The first-order valence-corrected chi connectivity index (χ1v) is 9.27. The molecule has 1 N–H and O–H groups in total. The van der Waals surface area contributed by atoms with Crippen LogP contribution < -0.4 is 5.32 Å². The zero-order chi connectivity index (χ0) is 18.3. The van der Waals surface area contributed by atoms with Gasteiger partial charge in [-0.1, -0.05) is 0 Å². The standard InChI is InChI=1S/C16H24NO6P/c1-6-21-15(18)13-7-9-14(10-8-13)17-16(19)24(20,22-11(2)3)23-12(4)5/h7-12H,6H2,1-5H3,(H,17,19). The molecule has 0 saturated heterocycles. The second kappa shape index (κ2) is 8.97. The fourth-order valence-electron chi connectivity index (χ4n) is 1.77. The number of anilines is 1. The molecule has 0 aromatic heterocycles. The highest BCUT2D eigenvalue weighted by Crippen LogP contribution is 2.51. The molecule has 0 atom stereocenters. The topological polar surface area (TPSA) is 90.9 Å². The minimum atomic E-state index is -3.97. The first-order valence-electron chi connectivity index (χ1n) is 7.73. The first kappa shape index (κ1) is 20.4. The van der Waals surface area contributed by atoms with Crippen LogP contribution in [-0.2, 0) is 18.3 Å². The van der Waals surface area contributed by atoms with Crippen molar-refractivity contribution in [1.82, 2.24) is 0 Å². The molecule has 0 bridgehead atoms. The van der Waals surface area contributed by atoms with Crippen LogP contribution in [0.5, 0.6) is 0 Å². The Bertz CT molecular complexity index is 597. The minimum absolute atomic E-state index is 0.277. The third kappa shape index (κ3) is 6.07. The van der Waals surface area contributed by atoms with Crippen LogP contribution in [0.25, 0.3) is 0 Å². The van der Waals surface area contributed by atoms with E-state index in [0.717, 1.165) is 0 Å². The van der Waals surface area contributed by atoms with E-state index in [-0.39, 0.29) is 6.61 Å². The zero-order valence-electron chi connectivity index (χ0n) is 14.6. The average molecular weight is 357 g/mol. The van der Waals surface area contributed by atoms with E-state index in [4.69, 9.17) is 13.8 Å². The normalized spacial score (nSPS) is 11.6. The molecule has 1 amide bonds. The molecule has 7 nitrogen and oxygen atoms in total. The molecule has 0 fully saturated rings. The molecular weight excluding hydrogens is 333 g/mol. The van der Waals surface area contributed by atoms with Gasteiger partial charge in [-0.05, 0) is 58.9 Å². The summed E-state index contributed by atoms with van der Waals surface area (Å²) in [6.45, 7) is 8.65. The van der Waals surface area contributed by atoms with E-state index >= 15 is 0 Å². The maximum absolute atomic E-state index is 12.7. The molecule has 1 rings (SSSR count). The van der Waals surface area contributed by atoms with E-state index in [1.54, 1.807) is 34.6 Å². The molecule has 0 aliphatic heterocycles. The number of esters is 1. The second-order valence-corrected chi connectivity index (χ2v) is 7.36. The second-order valence-electron chi connectivity index (χ2n) is 5.53. The van der Waals surface area contributed by atoms with Crippen molar-refractivity contribution >= 4 is 24.9 Å². The highest BCUT2D eigenvalue weighted by Gasteiger charge is 2.37. The van der Waals surface area contributed by atoms with Gasteiger partial charge < -0.3 is 10.1 Å². The fourth-order valence-corrected chi connectivity index (χ4v) is 3.39. The number of rotatable bonds is 8. The van der Waals surface area contributed by atoms with Gasteiger partial charge >= 0.3 is 19.2 Å². The van der Waals surface area contributed by atoms with Crippen LogP contribution in [-0.4, -0.2) is 30.4 Å². The van der Waals surface area contributed by atoms with Gasteiger partial charge in [0.15, 0.2) is 0 Å².